The highest BCUT2D eigenvalue weighted by atomic mass is 32.2. The van der Waals surface area contributed by atoms with Gasteiger partial charge >= 0.3 is 5.97 Å². The van der Waals surface area contributed by atoms with Crippen molar-refractivity contribution in [1.29, 1.82) is 0 Å². The summed E-state index contributed by atoms with van der Waals surface area (Å²) in [5.41, 5.74) is 0.406. The van der Waals surface area contributed by atoms with Gasteiger partial charge in [-0.25, -0.2) is 13.4 Å². The Morgan fingerprint density at radius 3 is 2.81 bits per heavy atom. The number of rotatable bonds is 3. The average Bonchev–Trinajstić information content (AvgIpc) is 3.02. The van der Waals surface area contributed by atoms with Crippen molar-refractivity contribution < 1.29 is 18.3 Å². The van der Waals surface area contributed by atoms with E-state index in [1.165, 1.54) is 22.5 Å². The molecule has 1 aromatic heterocycles. The number of nitrogens with one attached hydrogen (secondary N) is 1. The number of carboxylic acids is 1. The molecular formula is C17H19N3O5S. The number of hydrogen-bond acceptors (Lipinski definition) is 5. The van der Waals surface area contributed by atoms with Gasteiger partial charge in [0.05, 0.1) is 22.1 Å². The summed E-state index contributed by atoms with van der Waals surface area (Å²) in [5.74, 6) is -1.01. The fraction of sp³-hybridized carbons (Fsp3) is 0.471. The molecule has 3 atom stereocenters. The first-order valence-electron chi connectivity index (χ1n) is 8.63. The molecule has 2 N–H and O–H groups in total. The quantitative estimate of drug-likeness (QED) is 0.832. The van der Waals surface area contributed by atoms with Crippen LogP contribution in [-0.2, 0) is 14.8 Å². The average molecular weight is 377 g/mol. The summed E-state index contributed by atoms with van der Waals surface area (Å²) in [6.07, 6.45) is 4.91. The second-order valence-corrected chi connectivity index (χ2v) is 8.81. The monoisotopic (exact) mass is 377 g/mol. The molecule has 1 aliphatic heterocycles. The van der Waals surface area contributed by atoms with Gasteiger partial charge in [0.15, 0.2) is 0 Å². The minimum atomic E-state index is -3.98. The highest BCUT2D eigenvalue weighted by Crippen LogP contribution is 2.42. The molecule has 1 saturated carbocycles. The molecule has 26 heavy (non-hydrogen) atoms. The Hall–Kier alpha value is -2.26. The van der Waals surface area contributed by atoms with Crippen molar-refractivity contribution in [2.75, 3.05) is 0 Å². The van der Waals surface area contributed by atoms with Gasteiger partial charge in [-0.3, -0.25) is 9.59 Å². The van der Waals surface area contributed by atoms with Crippen molar-refractivity contribution in [2.24, 2.45) is 5.92 Å². The molecule has 8 nitrogen and oxygen atoms in total. The first-order valence-corrected chi connectivity index (χ1v) is 10.1. The van der Waals surface area contributed by atoms with Crippen LogP contribution in [-0.4, -0.2) is 45.9 Å². The minimum Gasteiger partial charge on any atom is -0.480 e. The summed E-state index contributed by atoms with van der Waals surface area (Å²) >= 11 is 0. The second kappa shape index (κ2) is 6.17. The zero-order valence-corrected chi connectivity index (χ0v) is 14.8. The summed E-state index contributed by atoms with van der Waals surface area (Å²) in [7, 11) is -3.98. The van der Waals surface area contributed by atoms with E-state index in [-0.39, 0.29) is 22.4 Å². The lowest BCUT2D eigenvalue weighted by molar-refractivity contribution is -0.141. The molecule has 1 aromatic carbocycles. The molecule has 9 heteroatoms. The van der Waals surface area contributed by atoms with Crippen LogP contribution in [0, 0.1) is 5.92 Å². The van der Waals surface area contributed by atoms with Gasteiger partial charge in [-0.15, -0.1) is 0 Å². The van der Waals surface area contributed by atoms with Crippen LogP contribution in [0.5, 0.6) is 0 Å². The molecule has 2 aromatic rings. The minimum absolute atomic E-state index is 0.00187. The van der Waals surface area contributed by atoms with Crippen molar-refractivity contribution in [3.63, 3.8) is 0 Å². The third-order valence-corrected chi connectivity index (χ3v) is 7.37. The Labute approximate surface area is 149 Å². The molecule has 138 valence electrons. The van der Waals surface area contributed by atoms with Crippen LogP contribution in [0.2, 0.25) is 0 Å². The lowest BCUT2D eigenvalue weighted by Gasteiger charge is -2.32. The molecule has 0 bridgehead atoms. The van der Waals surface area contributed by atoms with E-state index in [2.05, 4.69) is 9.97 Å². The van der Waals surface area contributed by atoms with E-state index in [1.807, 2.05) is 0 Å². The van der Waals surface area contributed by atoms with Crippen molar-refractivity contribution in [2.45, 2.75) is 49.1 Å². The van der Waals surface area contributed by atoms with E-state index in [0.717, 1.165) is 25.5 Å². The SMILES string of the molecule is O=C(O)C1CC2CCCCC2N1S(=O)(=O)c1ccc2[nH]c(=O)cnc2c1. The van der Waals surface area contributed by atoms with Crippen LogP contribution in [0.25, 0.3) is 11.0 Å². The number of aromatic nitrogens is 2. The number of H-pyrrole nitrogens is 1. The molecule has 2 fully saturated rings. The Balaban J connectivity index is 1.80. The molecule has 2 aliphatic rings. The molecule has 3 unspecified atom stereocenters. The predicted octanol–water partition coefficient (Wildman–Crippen LogP) is 1.33. The number of aromatic amines is 1. The topological polar surface area (TPSA) is 120 Å². The maximum atomic E-state index is 13.3. The summed E-state index contributed by atoms with van der Waals surface area (Å²) < 4.78 is 27.8. The van der Waals surface area contributed by atoms with Gasteiger partial charge in [-0.1, -0.05) is 12.8 Å². The number of nitrogens with zero attached hydrogens (tertiary/aromatic N) is 2. The first kappa shape index (κ1) is 17.2. The molecule has 1 aliphatic carbocycles. The Morgan fingerprint density at radius 2 is 2.04 bits per heavy atom. The highest BCUT2D eigenvalue weighted by molar-refractivity contribution is 7.89. The van der Waals surface area contributed by atoms with E-state index in [9.17, 15) is 23.1 Å². The second-order valence-electron chi connectivity index (χ2n) is 6.96. The van der Waals surface area contributed by atoms with Crippen molar-refractivity contribution in [3.05, 3.63) is 34.7 Å². The smallest absolute Gasteiger partial charge is 0.322 e. The van der Waals surface area contributed by atoms with Crippen LogP contribution in [0.3, 0.4) is 0 Å². The van der Waals surface area contributed by atoms with Crippen molar-refractivity contribution in [1.82, 2.24) is 14.3 Å². The molecule has 0 amide bonds. The van der Waals surface area contributed by atoms with E-state index >= 15 is 0 Å². The molecule has 0 radical (unpaired) electrons. The van der Waals surface area contributed by atoms with Gasteiger partial charge < -0.3 is 10.1 Å². The number of sulfonamides is 1. The van der Waals surface area contributed by atoms with Gasteiger partial charge in [-0.05, 0) is 43.4 Å². The highest BCUT2D eigenvalue weighted by Gasteiger charge is 2.51. The largest absolute Gasteiger partial charge is 0.480 e. The van der Waals surface area contributed by atoms with Gasteiger partial charge in [-0.2, -0.15) is 4.31 Å². The van der Waals surface area contributed by atoms with Gasteiger partial charge in [0.25, 0.3) is 5.56 Å². The Morgan fingerprint density at radius 1 is 1.27 bits per heavy atom. The molecular weight excluding hydrogens is 358 g/mol. The maximum absolute atomic E-state index is 13.3. The summed E-state index contributed by atoms with van der Waals surface area (Å²) in [6, 6.07) is 2.96. The van der Waals surface area contributed by atoms with E-state index in [4.69, 9.17) is 0 Å². The van der Waals surface area contributed by atoms with Crippen LogP contribution < -0.4 is 5.56 Å². The molecule has 0 spiro atoms. The van der Waals surface area contributed by atoms with E-state index in [0.29, 0.717) is 23.9 Å². The summed E-state index contributed by atoms with van der Waals surface area (Å²) in [6.45, 7) is 0. The van der Waals surface area contributed by atoms with Crippen LogP contribution in [0.1, 0.15) is 32.1 Å². The Kier molecular flexibility index (Phi) is 4.07. The third-order valence-electron chi connectivity index (χ3n) is 5.44. The van der Waals surface area contributed by atoms with Crippen molar-refractivity contribution in [3.8, 4) is 0 Å². The summed E-state index contributed by atoms with van der Waals surface area (Å²) in [4.78, 5) is 29.6. The van der Waals surface area contributed by atoms with E-state index < -0.39 is 22.0 Å². The lowest BCUT2D eigenvalue weighted by atomic mass is 9.85. The third kappa shape index (κ3) is 2.71. The number of carboxylic acid groups (broad SMARTS) is 1. The summed E-state index contributed by atoms with van der Waals surface area (Å²) in [5, 5.41) is 9.59. The number of fused-ring (bicyclic) bond motifs is 2. The van der Waals surface area contributed by atoms with Crippen LogP contribution >= 0.6 is 0 Å². The Bertz CT molecular complexity index is 1030. The fourth-order valence-corrected chi connectivity index (χ4v) is 6.16. The maximum Gasteiger partial charge on any atom is 0.322 e. The van der Waals surface area contributed by atoms with Gasteiger partial charge in [0.2, 0.25) is 10.0 Å². The normalized spacial score (nSPS) is 26.7. The first-order chi connectivity index (χ1) is 12.4. The van der Waals surface area contributed by atoms with Gasteiger partial charge in [0.1, 0.15) is 6.04 Å². The molecule has 1 saturated heterocycles. The molecule has 2 heterocycles. The van der Waals surface area contributed by atoms with Crippen molar-refractivity contribution >= 4 is 27.0 Å². The number of hydrogen-bond donors (Lipinski definition) is 2. The number of carbonyl (C=O) groups is 1. The lowest BCUT2D eigenvalue weighted by Crippen LogP contribution is -2.46. The number of benzene rings is 1. The predicted molar refractivity (Wildman–Crippen MR) is 93.2 cm³/mol. The standard InChI is InChI=1S/C17H19N3O5S/c21-16-9-18-13-8-11(5-6-12(13)19-16)26(24,25)20-14-4-2-1-3-10(14)7-15(20)17(22)23/h5-6,8-10,14-15H,1-4,7H2,(H,19,21)(H,22,23). The van der Waals surface area contributed by atoms with Crippen LogP contribution in [0.15, 0.2) is 34.1 Å². The zero-order chi connectivity index (χ0) is 18.5. The van der Waals surface area contributed by atoms with E-state index in [1.54, 1.807) is 0 Å². The molecule has 4 rings (SSSR count). The number of aliphatic carboxylic acids is 1. The van der Waals surface area contributed by atoms with Crippen LogP contribution in [0.4, 0.5) is 0 Å². The zero-order valence-electron chi connectivity index (χ0n) is 14.0. The van der Waals surface area contributed by atoms with Gasteiger partial charge in [0, 0.05) is 6.04 Å². The fourth-order valence-electron chi connectivity index (χ4n) is 4.27.